The molecule has 6 heteroatoms. The van der Waals surface area contributed by atoms with Crippen molar-refractivity contribution in [2.75, 3.05) is 0 Å². The monoisotopic (exact) mass is 202 g/mol. The molecule has 0 saturated carbocycles. The average Bonchev–Trinajstić information content (AvgIpc) is 2.48. The number of rotatable bonds is 4. The normalized spacial score (nSPS) is 10.7. The molecule has 72 valence electrons. The summed E-state index contributed by atoms with van der Waals surface area (Å²) in [6.45, 7) is 4.22. The van der Waals surface area contributed by atoms with Crippen molar-refractivity contribution >= 4 is 16.5 Å². The highest BCUT2D eigenvalue weighted by Crippen LogP contribution is 2.20. The minimum atomic E-state index is -0.496. The number of thiazole rings is 1. The first-order valence-corrected chi connectivity index (χ1v) is 4.62. The standard InChI is InChI=1S/C7H10N2O3S/c1-5(2)12-4-6-3-8-7(13-6)9(10)11/h3,5H,4H2,1-2H3. The van der Waals surface area contributed by atoms with Gasteiger partial charge in [-0.2, -0.15) is 0 Å². The molecule has 1 heterocycles. The van der Waals surface area contributed by atoms with Crippen LogP contribution in [0.1, 0.15) is 18.7 Å². The summed E-state index contributed by atoms with van der Waals surface area (Å²) >= 11 is 1.05. The Morgan fingerprint density at radius 3 is 2.92 bits per heavy atom. The maximum Gasteiger partial charge on any atom is 0.423 e. The summed E-state index contributed by atoms with van der Waals surface area (Å²) < 4.78 is 5.27. The predicted octanol–water partition coefficient (Wildman–Crippen LogP) is 1.98. The third kappa shape index (κ3) is 3.08. The van der Waals surface area contributed by atoms with Gasteiger partial charge in [0.2, 0.25) is 0 Å². The Morgan fingerprint density at radius 2 is 2.46 bits per heavy atom. The van der Waals surface area contributed by atoms with Crippen molar-refractivity contribution in [3.63, 3.8) is 0 Å². The summed E-state index contributed by atoms with van der Waals surface area (Å²) in [6.07, 6.45) is 1.60. The number of nitrogens with zero attached hydrogens (tertiary/aromatic N) is 2. The molecule has 0 aromatic carbocycles. The van der Waals surface area contributed by atoms with Gasteiger partial charge in [0.05, 0.1) is 17.6 Å². The molecule has 0 radical (unpaired) electrons. The first-order valence-electron chi connectivity index (χ1n) is 3.80. The third-order valence-electron chi connectivity index (χ3n) is 1.26. The van der Waals surface area contributed by atoms with E-state index in [0.29, 0.717) is 6.61 Å². The Bertz CT molecular complexity index is 298. The lowest BCUT2D eigenvalue weighted by Gasteiger charge is -2.03. The molecule has 0 fully saturated rings. The smallest absolute Gasteiger partial charge is 0.373 e. The van der Waals surface area contributed by atoms with Gasteiger partial charge in [0, 0.05) is 0 Å². The van der Waals surface area contributed by atoms with Crippen LogP contribution in [0.15, 0.2) is 6.20 Å². The molecule has 5 nitrogen and oxygen atoms in total. The van der Waals surface area contributed by atoms with Crippen molar-refractivity contribution < 1.29 is 9.66 Å². The second-order valence-corrected chi connectivity index (χ2v) is 3.82. The minimum Gasteiger partial charge on any atom is -0.373 e. The first kappa shape index (κ1) is 10.1. The highest BCUT2D eigenvalue weighted by atomic mass is 32.1. The van der Waals surface area contributed by atoms with Gasteiger partial charge < -0.3 is 14.9 Å². The molecule has 0 bridgehead atoms. The molecule has 0 amide bonds. The lowest BCUT2D eigenvalue weighted by atomic mass is 10.5. The SMILES string of the molecule is CC(C)OCc1cnc([N+](=O)[O-])s1. The molecular formula is C7H10N2O3S. The van der Waals surface area contributed by atoms with E-state index in [1.807, 2.05) is 13.8 Å². The molecule has 0 aliphatic heterocycles. The molecule has 1 aromatic heterocycles. The Morgan fingerprint density at radius 1 is 1.77 bits per heavy atom. The maximum atomic E-state index is 10.3. The number of hydrogen-bond acceptors (Lipinski definition) is 5. The molecule has 13 heavy (non-hydrogen) atoms. The van der Waals surface area contributed by atoms with Crippen molar-refractivity contribution in [1.29, 1.82) is 0 Å². The summed E-state index contributed by atoms with van der Waals surface area (Å²) in [6, 6.07) is 0. The Labute approximate surface area is 79.5 Å². The zero-order valence-electron chi connectivity index (χ0n) is 7.39. The molecule has 0 aliphatic carbocycles. The fraction of sp³-hybridized carbons (Fsp3) is 0.571. The van der Waals surface area contributed by atoms with Crippen LogP contribution in [0, 0.1) is 10.1 Å². The van der Waals surface area contributed by atoms with E-state index in [1.54, 1.807) is 0 Å². The Kier molecular flexibility index (Phi) is 3.32. The molecule has 1 rings (SSSR count). The second kappa shape index (κ2) is 4.29. The van der Waals surface area contributed by atoms with Crippen LogP contribution in [0.4, 0.5) is 5.13 Å². The summed E-state index contributed by atoms with van der Waals surface area (Å²) in [4.78, 5) is 14.2. The van der Waals surface area contributed by atoms with E-state index in [2.05, 4.69) is 4.98 Å². The molecule has 1 aromatic rings. The van der Waals surface area contributed by atoms with Gasteiger partial charge in [-0.05, 0) is 35.1 Å². The highest BCUT2D eigenvalue weighted by molar-refractivity contribution is 7.14. The van der Waals surface area contributed by atoms with Crippen molar-refractivity contribution in [3.05, 3.63) is 21.2 Å². The first-order chi connectivity index (χ1) is 6.09. The number of ether oxygens (including phenoxy) is 1. The average molecular weight is 202 g/mol. The zero-order valence-corrected chi connectivity index (χ0v) is 8.21. The van der Waals surface area contributed by atoms with E-state index in [4.69, 9.17) is 4.74 Å². The van der Waals surface area contributed by atoms with E-state index in [0.717, 1.165) is 16.2 Å². The van der Waals surface area contributed by atoms with E-state index in [1.165, 1.54) is 6.20 Å². The van der Waals surface area contributed by atoms with Gasteiger partial charge in [-0.15, -0.1) is 0 Å². The molecule has 0 atom stereocenters. The molecule has 0 N–H and O–H groups in total. The summed E-state index contributed by atoms with van der Waals surface area (Å²) in [5.74, 6) is 0. The van der Waals surface area contributed by atoms with Crippen LogP contribution < -0.4 is 0 Å². The van der Waals surface area contributed by atoms with E-state index in [-0.39, 0.29) is 11.2 Å². The molecular weight excluding hydrogens is 192 g/mol. The van der Waals surface area contributed by atoms with Crippen LogP contribution >= 0.6 is 11.3 Å². The van der Waals surface area contributed by atoms with Crippen LogP contribution in [0.3, 0.4) is 0 Å². The largest absolute Gasteiger partial charge is 0.423 e. The number of hydrogen-bond donors (Lipinski definition) is 0. The van der Waals surface area contributed by atoms with Crippen LogP contribution in [0.25, 0.3) is 0 Å². The number of nitro groups is 1. The molecule has 0 unspecified atom stereocenters. The Hall–Kier alpha value is -1.01. The summed E-state index contributed by atoms with van der Waals surface area (Å²) in [5, 5.41) is 10.2. The van der Waals surface area contributed by atoms with E-state index >= 15 is 0 Å². The fourth-order valence-electron chi connectivity index (χ4n) is 0.697. The van der Waals surface area contributed by atoms with Gasteiger partial charge in [-0.3, -0.25) is 0 Å². The van der Waals surface area contributed by atoms with Gasteiger partial charge >= 0.3 is 5.13 Å². The second-order valence-electron chi connectivity index (χ2n) is 2.73. The van der Waals surface area contributed by atoms with Crippen molar-refractivity contribution in [2.45, 2.75) is 26.6 Å². The molecule has 0 aliphatic rings. The van der Waals surface area contributed by atoms with Crippen LogP contribution in [0.5, 0.6) is 0 Å². The van der Waals surface area contributed by atoms with Gasteiger partial charge in [0.15, 0.2) is 6.20 Å². The topological polar surface area (TPSA) is 65.3 Å². The Balaban J connectivity index is 2.54. The van der Waals surface area contributed by atoms with Gasteiger partial charge in [0.1, 0.15) is 0 Å². The fourth-order valence-corrected chi connectivity index (χ4v) is 1.34. The van der Waals surface area contributed by atoms with Crippen molar-refractivity contribution in [2.24, 2.45) is 0 Å². The van der Waals surface area contributed by atoms with Crippen LogP contribution in [-0.2, 0) is 11.3 Å². The quantitative estimate of drug-likeness (QED) is 0.553. The van der Waals surface area contributed by atoms with Crippen LogP contribution in [-0.4, -0.2) is 16.0 Å². The van der Waals surface area contributed by atoms with E-state index < -0.39 is 4.92 Å². The molecule has 0 spiro atoms. The number of aromatic nitrogens is 1. The van der Waals surface area contributed by atoms with Gasteiger partial charge in [0.25, 0.3) is 0 Å². The third-order valence-corrected chi connectivity index (χ3v) is 2.18. The highest BCUT2D eigenvalue weighted by Gasteiger charge is 2.12. The van der Waals surface area contributed by atoms with Crippen LogP contribution in [0.2, 0.25) is 0 Å². The minimum absolute atomic E-state index is 0.0812. The maximum absolute atomic E-state index is 10.3. The van der Waals surface area contributed by atoms with Crippen molar-refractivity contribution in [1.82, 2.24) is 4.98 Å². The summed E-state index contributed by atoms with van der Waals surface area (Å²) in [7, 11) is 0. The lowest BCUT2D eigenvalue weighted by Crippen LogP contribution is -2.00. The zero-order chi connectivity index (χ0) is 9.84. The molecule has 0 saturated heterocycles. The van der Waals surface area contributed by atoms with Gasteiger partial charge in [-0.1, -0.05) is 0 Å². The van der Waals surface area contributed by atoms with Crippen molar-refractivity contribution in [3.8, 4) is 0 Å². The van der Waals surface area contributed by atoms with Gasteiger partial charge in [-0.25, -0.2) is 0 Å². The van der Waals surface area contributed by atoms with E-state index in [9.17, 15) is 10.1 Å². The summed E-state index contributed by atoms with van der Waals surface area (Å²) in [5.41, 5.74) is 0. The predicted molar refractivity (Wildman–Crippen MR) is 48.7 cm³/mol. The lowest BCUT2D eigenvalue weighted by molar-refractivity contribution is -0.384.